The van der Waals surface area contributed by atoms with Gasteiger partial charge in [-0.2, -0.15) is 0 Å². The van der Waals surface area contributed by atoms with Gasteiger partial charge < -0.3 is 30.0 Å². The molecule has 3 N–H and O–H groups in total. The minimum absolute atomic E-state index is 0.00184. The van der Waals surface area contributed by atoms with Crippen molar-refractivity contribution in [2.24, 2.45) is 0 Å². The zero-order valence-electron chi connectivity index (χ0n) is 22.6. The van der Waals surface area contributed by atoms with Gasteiger partial charge in [-0.05, 0) is 61.9 Å². The standard InChI is InChI=1S/C30H28ClN3O7/c1-4-40-28(36)19-9-13-20(14-10-19)32-30(38)33-23-17-25(31)34(26(23)29(37)41-5-2)21-15-11-18(12-16-21)22-7-6-8-24(39-3)27(22)35/h6-17,35H,4-5H2,1-3H3,(H2,32,33,38). The fraction of sp³-hybridized carbons (Fsp3) is 0.167. The Hall–Kier alpha value is -4.96. The number of anilines is 2. The molecule has 0 aliphatic rings. The van der Waals surface area contributed by atoms with Gasteiger partial charge in [-0.25, -0.2) is 14.4 Å². The van der Waals surface area contributed by atoms with Crippen molar-refractivity contribution in [3.63, 3.8) is 0 Å². The topological polar surface area (TPSA) is 128 Å². The Bertz CT molecular complexity index is 1560. The number of aromatic nitrogens is 1. The van der Waals surface area contributed by atoms with Crippen molar-refractivity contribution in [1.82, 2.24) is 4.57 Å². The Labute approximate surface area is 241 Å². The average molecular weight is 578 g/mol. The molecule has 0 spiro atoms. The number of nitrogens with zero attached hydrogens (tertiary/aromatic N) is 1. The van der Waals surface area contributed by atoms with Crippen molar-refractivity contribution in [3.05, 3.63) is 89.2 Å². The van der Waals surface area contributed by atoms with Gasteiger partial charge in [0.1, 0.15) is 5.15 Å². The highest BCUT2D eigenvalue weighted by molar-refractivity contribution is 6.31. The molecule has 0 saturated carbocycles. The number of carbonyl (C=O) groups excluding carboxylic acids is 3. The van der Waals surface area contributed by atoms with Crippen LogP contribution < -0.4 is 15.4 Å². The van der Waals surface area contributed by atoms with Crippen molar-refractivity contribution in [2.45, 2.75) is 13.8 Å². The van der Waals surface area contributed by atoms with E-state index in [0.29, 0.717) is 33.8 Å². The van der Waals surface area contributed by atoms with Crippen LogP contribution in [0, 0.1) is 0 Å². The Morgan fingerprint density at radius 2 is 1.54 bits per heavy atom. The number of phenols is 1. The van der Waals surface area contributed by atoms with E-state index in [2.05, 4.69) is 10.6 Å². The van der Waals surface area contributed by atoms with Gasteiger partial charge in [0.2, 0.25) is 0 Å². The number of amides is 2. The van der Waals surface area contributed by atoms with E-state index >= 15 is 0 Å². The van der Waals surface area contributed by atoms with E-state index in [1.165, 1.54) is 29.9 Å². The number of phenolic OH excluding ortho intramolecular Hbond substituents is 1. The molecule has 2 amide bonds. The number of nitrogens with one attached hydrogen (secondary N) is 2. The molecule has 0 bridgehead atoms. The summed E-state index contributed by atoms with van der Waals surface area (Å²) in [5.74, 6) is -0.814. The number of benzene rings is 3. The van der Waals surface area contributed by atoms with Crippen LogP contribution in [0.4, 0.5) is 16.2 Å². The summed E-state index contributed by atoms with van der Waals surface area (Å²) in [6.07, 6.45) is 0. The molecule has 3 aromatic carbocycles. The normalized spacial score (nSPS) is 10.5. The summed E-state index contributed by atoms with van der Waals surface area (Å²) in [7, 11) is 1.47. The number of halogens is 1. The smallest absolute Gasteiger partial charge is 0.357 e. The quantitative estimate of drug-likeness (QED) is 0.193. The first-order chi connectivity index (χ1) is 19.8. The van der Waals surface area contributed by atoms with Crippen LogP contribution in [0.15, 0.2) is 72.8 Å². The van der Waals surface area contributed by atoms with E-state index in [0.717, 1.165) is 0 Å². The lowest BCUT2D eigenvalue weighted by Gasteiger charge is -2.14. The maximum Gasteiger partial charge on any atom is 0.357 e. The molecule has 4 rings (SSSR count). The number of urea groups is 1. The van der Waals surface area contributed by atoms with E-state index in [-0.39, 0.29) is 35.5 Å². The van der Waals surface area contributed by atoms with Gasteiger partial charge >= 0.3 is 18.0 Å². The number of para-hydroxylation sites is 1. The molecule has 0 aliphatic heterocycles. The zero-order valence-corrected chi connectivity index (χ0v) is 23.3. The van der Waals surface area contributed by atoms with E-state index in [1.807, 2.05) is 0 Å². The largest absolute Gasteiger partial charge is 0.504 e. The summed E-state index contributed by atoms with van der Waals surface area (Å²) in [6, 6.07) is 19.1. The highest BCUT2D eigenvalue weighted by Gasteiger charge is 2.24. The van der Waals surface area contributed by atoms with Gasteiger partial charge in [0.05, 0.1) is 31.6 Å². The third-order valence-electron chi connectivity index (χ3n) is 5.98. The summed E-state index contributed by atoms with van der Waals surface area (Å²) in [5, 5.41) is 16.0. The average Bonchev–Trinajstić information content (AvgIpc) is 3.29. The lowest BCUT2D eigenvalue weighted by molar-refractivity contribution is 0.0512. The molecule has 0 fully saturated rings. The fourth-order valence-electron chi connectivity index (χ4n) is 4.13. The Kier molecular flexibility index (Phi) is 9.15. The molecule has 212 valence electrons. The molecule has 10 nitrogen and oxygen atoms in total. The number of methoxy groups -OCH3 is 1. The van der Waals surface area contributed by atoms with Gasteiger partial charge in [0.25, 0.3) is 0 Å². The molecule has 11 heteroatoms. The Morgan fingerprint density at radius 3 is 2.17 bits per heavy atom. The number of carbonyl (C=O) groups is 3. The van der Waals surface area contributed by atoms with Crippen LogP contribution in [0.25, 0.3) is 16.8 Å². The molecular weight excluding hydrogens is 550 g/mol. The fourth-order valence-corrected chi connectivity index (χ4v) is 4.42. The van der Waals surface area contributed by atoms with Gasteiger partial charge in [0.15, 0.2) is 17.2 Å². The monoisotopic (exact) mass is 577 g/mol. The number of hydrogen-bond donors (Lipinski definition) is 3. The number of hydrogen-bond acceptors (Lipinski definition) is 7. The van der Waals surface area contributed by atoms with E-state index in [4.69, 9.17) is 25.8 Å². The van der Waals surface area contributed by atoms with E-state index in [1.54, 1.807) is 68.4 Å². The van der Waals surface area contributed by atoms with Crippen molar-refractivity contribution >= 4 is 40.9 Å². The number of aromatic hydroxyl groups is 1. The second kappa shape index (κ2) is 12.9. The van der Waals surface area contributed by atoms with Crippen LogP contribution in [0.5, 0.6) is 11.5 Å². The predicted octanol–water partition coefficient (Wildman–Crippen LogP) is 6.51. The molecular formula is C30H28ClN3O7. The minimum Gasteiger partial charge on any atom is -0.504 e. The lowest BCUT2D eigenvalue weighted by atomic mass is 10.0. The van der Waals surface area contributed by atoms with E-state index < -0.39 is 18.0 Å². The summed E-state index contributed by atoms with van der Waals surface area (Å²) in [6.45, 7) is 3.74. The number of esters is 2. The molecule has 41 heavy (non-hydrogen) atoms. The summed E-state index contributed by atoms with van der Waals surface area (Å²) >= 11 is 6.55. The lowest BCUT2D eigenvalue weighted by Crippen LogP contribution is -2.22. The summed E-state index contributed by atoms with van der Waals surface area (Å²) in [5.41, 5.74) is 2.69. The Balaban J connectivity index is 1.61. The van der Waals surface area contributed by atoms with Crippen molar-refractivity contribution in [1.29, 1.82) is 0 Å². The third-order valence-corrected chi connectivity index (χ3v) is 6.26. The molecule has 0 aliphatic carbocycles. The maximum atomic E-state index is 13.0. The molecule has 0 unspecified atom stereocenters. The zero-order chi connectivity index (χ0) is 29.5. The SMILES string of the molecule is CCOC(=O)c1ccc(NC(=O)Nc2cc(Cl)n(-c3ccc(-c4cccc(OC)c4O)cc3)c2C(=O)OCC)cc1. The third kappa shape index (κ3) is 6.44. The summed E-state index contributed by atoms with van der Waals surface area (Å²) < 4.78 is 16.9. The molecule has 0 radical (unpaired) electrons. The maximum absolute atomic E-state index is 13.0. The van der Waals surface area contributed by atoms with Crippen molar-refractivity contribution in [3.8, 4) is 28.3 Å². The van der Waals surface area contributed by atoms with Crippen LogP contribution in [0.2, 0.25) is 5.15 Å². The van der Waals surface area contributed by atoms with Gasteiger partial charge in [-0.3, -0.25) is 4.57 Å². The molecule has 1 aromatic heterocycles. The second-order valence-electron chi connectivity index (χ2n) is 8.57. The first-order valence-electron chi connectivity index (χ1n) is 12.7. The summed E-state index contributed by atoms with van der Waals surface area (Å²) in [4.78, 5) is 37.7. The molecule has 1 heterocycles. The van der Waals surface area contributed by atoms with Crippen molar-refractivity contribution in [2.75, 3.05) is 31.0 Å². The highest BCUT2D eigenvalue weighted by atomic mass is 35.5. The van der Waals surface area contributed by atoms with Crippen LogP contribution in [0.3, 0.4) is 0 Å². The van der Waals surface area contributed by atoms with E-state index in [9.17, 15) is 19.5 Å². The highest BCUT2D eigenvalue weighted by Crippen LogP contribution is 2.37. The van der Waals surface area contributed by atoms with Crippen molar-refractivity contribution < 1.29 is 33.7 Å². The van der Waals surface area contributed by atoms with Crippen LogP contribution in [-0.2, 0) is 9.47 Å². The number of rotatable bonds is 9. The van der Waals surface area contributed by atoms with Gasteiger partial charge in [-0.1, -0.05) is 35.9 Å². The predicted molar refractivity (Wildman–Crippen MR) is 155 cm³/mol. The van der Waals surface area contributed by atoms with Crippen LogP contribution >= 0.6 is 11.6 Å². The second-order valence-corrected chi connectivity index (χ2v) is 8.95. The number of ether oxygens (including phenoxy) is 3. The van der Waals surface area contributed by atoms with Gasteiger partial charge in [0, 0.05) is 23.0 Å². The first-order valence-corrected chi connectivity index (χ1v) is 13.1. The van der Waals surface area contributed by atoms with Crippen LogP contribution in [-0.4, -0.2) is 48.0 Å². The van der Waals surface area contributed by atoms with Gasteiger partial charge in [-0.15, -0.1) is 0 Å². The molecule has 0 saturated heterocycles. The molecule has 4 aromatic rings. The Morgan fingerprint density at radius 1 is 0.878 bits per heavy atom. The first kappa shape index (κ1) is 29.0. The molecule has 0 atom stereocenters. The minimum atomic E-state index is -0.692. The van der Waals surface area contributed by atoms with Crippen LogP contribution in [0.1, 0.15) is 34.7 Å².